The Bertz CT molecular complexity index is 374. The topological polar surface area (TPSA) is 57.5 Å². The van der Waals surface area contributed by atoms with Gasteiger partial charge in [-0.3, -0.25) is 4.79 Å². The second kappa shape index (κ2) is 8.76. The van der Waals surface area contributed by atoms with Crippen LogP contribution in [0.2, 0.25) is 0 Å². The van der Waals surface area contributed by atoms with Gasteiger partial charge in [-0.2, -0.15) is 0 Å². The molecule has 0 fully saturated rings. The van der Waals surface area contributed by atoms with Gasteiger partial charge in [-0.05, 0) is 39.1 Å². The lowest BCUT2D eigenvalue weighted by atomic mass is 10.2. The molecule has 2 unspecified atom stereocenters. The lowest BCUT2D eigenvalue weighted by Gasteiger charge is -2.25. The van der Waals surface area contributed by atoms with E-state index in [-0.39, 0.29) is 18.0 Å². The van der Waals surface area contributed by atoms with Gasteiger partial charge in [0.15, 0.2) is 0 Å². The Morgan fingerprint density at radius 2 is 2.05 bits per heavy atom. The second-order valence-electron chi connectivity index (χ2n) is 5.07. The molecule has 114 valence electrons. The molecule has 1 aromatic rings. The average molecular weight is 281 g/mol. The van der Waals surface area contributed by atoms with Crippen molar-refractivity contribution in [3.05, 3.63) is 24.2 Å². The van der Waals surface area contributed by atoms with Crippen LogP contribution >= 0.6 is 0 Å². The predicted molar refractivity (Wildman–Crippen MR) is 80.4 cm³/mol. The summed E-state index contributed by atoms with van der Waals surface area (Å²) in [5.41, 5.74) is 0. The number of rotatable bonds is 9. The van der Waals surface area contributed by atoms with Crippen molar-refractivity contribution in [3.63, 3.8) is 0 Å². The molecule has 0 aliphatic carbocycles. The summed E-state index contributed by atoms with van der Waals surface area (Å²) in [6.45, 7) is 11.7. The maximum Gasteiger partial charge on any atom is 0.237 e. The highest BCUT2D eigenvalue weighted by Gasteiger charge is 2.16. The van der Waals surface area contributed by atoms with Gasteiger partial charge in [-0.1, -0.05) is 13.8 Å². The Morgan fingerprint density at radius 1 is 1.35 bits per heavy atom. The molecule has 1 aromatic heterocycles. The molecule has 1 heterocycles. The third kappa shape index (κ3) is 5.75. The van der Waals surface area contributed by atoms with Crippen molar-refractivity contribution in [2.75, 3.05) is 19.6 Å². The van der Waals surface area contributed by atoms with Crippen LogP contribution in [-0.4, -0.2) is 42.5 Å². The van der Waals surface area contributed by atoms with Crippen LogP contribution in [0.25, 0.3) is 0 Å². The molecule has 0 aliphatic heterocycles. The van der Waals surface area contributed by atoms with Gasteiger partial charge in [0.2, 0.25) is 5.91 Å². The molecule has 5 nitrogen and oxygen atoms in total. The number of amides is 1. The highest BCUT2D eigenvalue weighted by atomic mass is 16.3. The number of hydrogen-bond donors (Lipinski definition) is 2. The van der Waals surface area contributed by atoms with Gasteiger partial charge in [0.05, 0.1) is 18.8 Å². The van der Waals surface area contributed by atoms with Gasteiger partial charge in [-0.25, -0.2) is 0 Å². The molecule has 2 N–H and O–H groups in total. The van der Waals surface area contributed by atoms with Crippen molar-refractivity contribution < 1.29 is 9.21 Å². The second-order valence-corrected chi connectivity index (χ2v) is 5.07. The van der Waals surface area contributed by atoms with E-state index in [1.165, 1.54) is 0 Å². The van der Waals surface area contributed by atoms with Crippen molar-refractivity contribution in [2.24, 2.45) is 0 Å². The van der Waals surface area contributed by atoms with Crippen LogP contribution in [0.1, 0.15) is 33.5 Å². The molecule has 0 radical (unpaired) electrons. The van der Waals surface area contributed by atoms with E-state index in [1.807, 2.05) is 19.1 Å². The van der Waals surface area contributed by atoms with Crippen molar-refractivity contribution in [3.8, 4) is 0 Å². The highest BCUT2D eigenvalue weighted by Crippen LogP contribution is 1.99. The first-order valence-electron chi connectivity index (χ1n) is 7.35. The number of hydrogen-bond acceptors (Lipinski definition) is 4. The molecule has 0 aliphatic rings. The first-order valence-corrected chi connectivity index (χ1v) is 7.35. The van der Waals surface area contributed by atoms with E-state index in [9.17, 15) is 4.79 Å². The minimum atomic E-state index is -0.212. The van der Waals surface area contributed by atoms with Gasteiger partial charge < -0.3 is 20.0 Å². The molecule has 20 heavy (non-hydrogen) atoms. The van der Waals surface area contributed by atoms with Gasteiger partial charge in [0.25, 0.3) is 0 Å². The summed E-state index contributed by atoms with van der Waals surface area (Å²) in [4.78, 5) is 14.3. The average Bonchev–Trinajstić information content (AvgIpc) is 2.95. The molecule has 0 spiro atoms. The standard InChI is InChI=1S/C15H27N3O2/c1-5-18(6-2)11-12(3)17-13(4)15(19)16-10-14-8-7-9-20-14/h7-9,12-13,17H,5-6,10-11H2,1-4H3,(H,16,19). The summed E-state index contributed by atoms with van der Waals surface area (Å²) in [6, 6.07) is 3.73. The molecule has 0 saturated carbocycles. The van der Waals surface area contributed by atoms with Crippen LogP contribution < -0.4 is 10.6 Å². The first-order chi connectivity index (χ1) is 9.56. The van der Waals surface area contributed by atoms with Gasteiger partial charge in [0, 0.05) is 12.6 Å². The van der Waals surface area contributed by atoms with E-state index < -0.39 is 0 Å². The molecule has 1 rings (SSSR count). The fraction of sp³-hybridized carbons (Fsp3) is 0.667. The SMILES string of the molecule is CCN(CC)CC(C)NC(C)C(=O)NCc1ccco1. The van der Waals surface area contributed by atoms with Crippen LogP contribution in [0, 0.1) is 0 Å². The van der Waals surface area contributed by atoms with Crippen LogP contribution in [-0.2, 0) is 11.3 Å². The molecule has 2 atom stereocenters. The maximum atomic E-state index is 12.0. The Morgan fingerprint density at radius 3 is 2.60 bits per heavy atom. The van der Waals surface area contributed by atoms with Crippen LogP contribution in [0.5, 0.6) is 0 Å². The third-order valence-electron chi connectivity index (χ3n) is 3.37. The smallest absolute Gasteiger partial charge is 0.237 e. The normalized spacial score (nSPS) is 14.2. The fourth-order valence-electron chi connectivity index (χ4n) is 2.16. The van der Waals surface area contributed by atoms with Gasteiger partial charge in [0.1, 0.15) is 5.76 Å². The molecule has 0 bridgehead atoms. The minimum absolute atomic E-state index is 0.00667. The van der Waals surface area contributed by atoms with Crippen LogP contribution in [0.15, 0.2) is 22.8 Å². The summed E-state index contributed by atoms with van der Waals surface area (Å²) in [6.07, 6.45) is 1.61. The fourth-order valence-corrected chi connectivity index (χ4v) is 2.16. The molecule has 1 amide bonds. The van der Waals surface area contributed by atoms with Crippen molar-refractivity contribution >= 4 is 5.91 Å². The minimum Gasteiger partial charge on any atom is -0.467 e. The molecule has 0 aromatic carbocycles. The van der Waals surface area contributed by atoms with E-state index >= 15 is 0 Å². The Labute approximate surface area is 121 Å². The number of nitrogens with zero attached hydrogens (tertiary/aromatic N) is 1. The highest BCUT2D eigenvalue weighted by molar-refractivity contribution is 5.81. The maximum absolute atomic E-state index is 12.0. The summed E-state index contributed by atoms with van der Waals surface area (Å²) >= 11 is 0. The Hall–Kier alpha value is -1.33. The summed E-state index contributed by atoms with van der Waals surface area (Å²) in [5.74, 6) is 0.759. The molecule has 5 heteroatoms. The molecular formula is C15H27N3O2. The zero-order chi connectivity index (χ0) is 15.0. The monoisotopic (exact) mass is 281 g/mol. The predicted octanol–water partition coefficient (Wildman–Crippen LogP) is 1.60. The molecular weight excluding hydrogens is 254 g/mol. The lowest BCUT2D eigenvalue weighted by molar-refractivity contribution is -0.123. The van der Waals surface area contributed by atoms with Crippen molar-refractivity contribution in [2.45, 2.75) is 46.3 Å². The van der Waals surface area contributed by atoms with Gasteiger partial charge >= 0.3 is 0 Å². The number of carbonyl (C=O) groups excluding carboxylic acids is 1. The van der Waals surface area contributed by atoms with E-state index in [1.54, 1.807) is 6.26 Å². The Kier molecular flexibility index (Phi) is 7.33. The third-order valence-corrected chi connectivity index (χ3v) is 3.37. The zero-order valence-electron chi connectivity index (χ0n) is 13.0. The van der Waals surface area contributed by atoms with Crippen molar-refractivity contribution in [1.82, 2.24) is 15.5 Å². The number of likely N-dealkylation sites (N-methyl/N-ethyl adjacent to an activating group) is 1. The summed E-state index contributed by atoms with van der Waals surface area (Å²) in [7, 11) is 0. The lowest BCUT2D eigenvalue weighted by Crippen LogP contribution is -2.49. The zero-order valence-corrected chi connectivity index (χ0v) is 13.0. The summed E-state index contributed by atoms with van der Waals surface area (Å²) in [5, 5.41) is 6.19. The Balaban J connectivity index is 2.29. The summed E-state index contributed by atoms with van der Waals surface area (Å²) < 4.78 is 5.18. The molecule has 0 saturated heterocycles. The van der Waals surface area contributed by atoms with Crippen LogP contribution in [0.3, 0.4) is 0 Å². The quantitative estimate of drug-likeness (QED) is 0.722. The van der Waals surface area contributed by atoms with E-state index in [0.717, 1.165) is 25.4 Å². The van der Waals surface area contributed by atoms with Gasteiger partial charge in [-0.15, -0.1) is 0 Å². The van der Waals surface area contributed by atoms with E-state index in [4.69, 9.17) is 4.42 Å². The number of carbonyl (C=O) groups is 1. The largest absolute Gasteiger partial charge is 0.467 e. The van der Waals surface area contributed by atoms with E-state index in [2.05, 4.69) is 36.3 Å². The number of nitrogens with one attached hydrogen (secondary N) is 2. The number of furan rings is 1. The first kappa shape index (κ1) is 16.7. The van der Waals surface area contributed by atoms with Crippen molar-refractivity contribution in [1.29, 1.82) is 0 Å². The van der Waals surface area contributed by atoms with Crippen LogP contribution in [0.4, 0.5) is 0 Å². The van der Waals surface area contributed by atoms with E-state index in [0.29, 0.717) is 6.54 Å².